The fourth-order valence-corrected chi connectivity index (χ4v) is 5.18. The molecular formula is C15H21NO2S. The Balaban J connectivity index is 1.92. The number of sulfone groups is 1. The minimum absolute atomic E-state index is 0.171. The lowest BCUT2D eigenvalue weighted by molar-refractivity contribution is 0.379. The third-order valence-electron chi connectivity index (χ3n) is 4.51. The van der Waals surface area contributed by atoms with E-state index >= 15 is 0 Å². The standard InChI is InChI=1S/C15H21NO2S/c1-11(2)16-10-15(7-8-15)13-9-19(17,18)14-6-4-3-5-12(13)14/h3-6,11,13,16H,7-10H2,1-2H3. The van der Waals surface area contributed by atoms with Crippen molar-refractivity contribution in [2.24, 2.45) is 5.41 Å². The molecule has 2 aliphatic rings. The number of rotatable bonds is 4. The quantitative estimate of drug-likeness (QED) is 0.920. The number of benzene rings is 1. The van der Waals surface area contributed by atoms with Gasteiger partial charge >= 0.3 is 0 Å². The van der Waals surface area contributed by atoms with Gasteiger partial charge in [-0.1, -0.05) is 32.0 Å². The SMILES string of the molecule is CC(C)NCC1(C2CS(=O)(=O)c3ccccc32)CC1. The van der Waals surface area contributed by atoms with E-state index in [1.807, 2.05) is 18.2 Å². The second-order valence-electron chi connectivity index (χ2n) is 6.27. The first-order chi connectivity index (χ1) is 8.95. The van der Waals surface area contributed by atoms with Crippen molar-refractivity contribution >= 4 is 9.84 Å². The summed E-state index contributed by atoms with van der Waals surface area (Å²) in [7, 11) is -3.06. The molecule has 3 nitrogen and oxygen atoms in total. The minimum Gasteiger partial charge on any atom is -0.314 e. The van der Waals surface area contributed by atoms with Crippen LogP contribution in [0, 0.1) is 5.41 Å². The predicted octanol–water partition coefficient (Wildman–Crippen LogP) is 2.34. The molecule has 0 amide bonds. The maximum absolute atomic E-state index is 12.3. The summed E-state index contributed by atoms with van der Waals surface area (Å²) >= 11 is 0. The van der Waals surface area contributed by atoms with E-state index in [0.29, 0.717) is 16.7 Å². The summed E-state index contributed by atoms with van der Waals surface area (Å²) in [4.78, 5) is 0.566. The van der Waals surface area contributed by atoms with Crippen LogP contribution in [-0.4, -0.2) is 26.8 Å². The summed E-state index contributed by atoms with van der Waals surface area (Å²) in [6.07, 6.45) is 2.28. The number of hydrogen-bond acceptors (Lipinski definition) is 3. The highest BCUT2D eigenvalue weighted by atomic mass is 32.2. The van der Waals surface area contributed by atoms with Crippen LogP contribution in [-0.2, 0) is 9.84 Å². The average Bonchev–Trinajstić information content (AvgIpc) is 3.10. The first-order valence-corrected chi connectivity index (χ1v) is 8.65. The van der Waals surface area contributed by atoms with Crippen molar-refractivity contribution in [1.29, 1.82) is 0 Å². The molecule has 1 aromatic carbocycles. The van der Waals surface area contributed by atoms with Crippen LogP contribution in [0.2, 0.25) is 0 Å². The molecule has 0 bridgehead atoms. The van der Waals surface area contributed by atoms with Crippen molar-refractivity contribution in [3.63, 3.8) is 0 Å². The Bertz CT molecular complexity index is 588. The molecule has 1 aliphatic heterocycles. The van der Waals surface area contributed by atoms with Crippen molar-refractivity contribution in [3.8, 4) is 0 Å². The Morgan fingerprint density at radius 2 is 2.00 bits per heavy atom. The minimum atomic E-state index is -3.06. The van der Waals surface area contributed by atoms with E-state index in [9.17, 15) is 8.42 Å². The molecule has 19 heavy (non-hydrogen) atoms. The number of nitrogens with one attached hydrogen (secondary N) is 1. The summed E-state index contributed by atoms with van der Waals surface area (Å²) in [5.74, 6) is 0.478. The molecular weight excluding hydrogens is 258 g/mol. The topological polar surface area (TPSA) is 46.2 Å². The highest BCUT2D eigenvalue weighted by molar-refractivity contribution is 7.91. The first kappa shape index (κ1) is 13.1. The van der Waals surface area contributed by atoms with E-state index in [0.717, 1.165) is 24.9 Å². The summed E-state index contributed by atoms with van der Waals surface area (Å²) < 4.78 is 24.5. The van der Waals surface area contributed by atoms with Crippen LogP contribution in [0.25, 0.3) is 0 Å². The molecule has 0 spiro atoms. The van der Waals surface area contributed by atoms with E-state index in [1.54, 1.807) is 6.07 Å². The molecule has 1 aliphatic carbocycles. The van der Waals surface area contributed by atoms with Crippen LogP contribution < -0.4 is 5.32 Å². The fourth-order valence-electron chi connectivity index (χ4n) is 3.17. The Hall–Kier alpha value is -0.870. The Morgan fingerprint density at radius 1 is 1.32 bits per heavy atom. The summed E-state index contributed by atoms with van der Waals surface area (Å²) in [6.45, 7) is 5.20. The molecule has 1 N–H and O–H groups in total. The van der Waals surface area contributed by atoms with E-state index < -0.39 is 9.84 Å². The third kappa shape index (κ3) is 2.21. The smallest absolute Gasteiger partial charge is 0.179 e. The second kappa shape index (κ2) is 4.32. The van der Waals surface area contributed by atoms with Gasteiger partial charge in [0, 0.05) is 18.5 Å². The predicted molar refractivity (Wildman–Crippen MR) is 76.0 cm³/mol. The summed E-state index contributed by atoms with van der Waals surface area (Å²) in [5.41, 5.74) is 1.22. The lowest BCUT2D eigenvalue weighted by atomic mass is 9.84. The van der Waals surface area contributed by atoms with Gasteiger partial charge in [0.2, 0.25) is 0 Å². The molecule has 104 valence electrons. The van der Waals surface area contributed by atoms with Crippen molar-refractivity contribution in [1.82, 2.24) is 5.32 Å². The van der Waals surface area contributed by atoms with Gasteiger partial charge in [0.05, 0.1) is 10.6 Å². The van der Waals surface area contributed by atoms with Gasteiger partial charge in [-0.05, 0) is 29.9 Å². The molecule has 0 radical (unpaired) electrons. The molecule has 1 atom stereocenters. The van der Waals surface area contributed by atoms with E-state index in [2.05, 4.69) is 19.2 Å². The van der Waals surface area contributed by atoms with E-state index in [-0.39, 0.29) is 11.3 Å². The highest BCUT2D eigenvalue weighted by Crippen LogP contribution is 2.59. The van der Waals surface area contributed by atoms with Gasteiger partial charge in [0.25, 0.3) is 0 Å². The largest absolute Gasteiger partial charge is 0.314 e. The zero-order valence-corrected chi connectivity index (χ0v) is 12.3. The maximum atomic E-state index is 12.3. The zero-order valence-electron chi connectivity index (χ0n) is 11.5. The van der Waals surface area contributed by atoms with Crippen LogP contribution in [0.15, 0.2) is 29.2 Å². The lowest BCUT2D eigenvalue weighted by Gasteiger charge is -2.24. The van der Waals surface area contributed by atoms with Gasteiger partial charge in [-0.15, -0.1) is 0 Å². The van der Waals surface area contributed by atoms with E-state index in [4.69, 9.17) is 0 Å². The van der Waals surface area contributed by atoms with Gasteiger partial charge in [0.15, 0.2) is 9.84 Å². The van der Waals surface area contributed by atoms with Crippen molar-refractivity contribution in [2.75, 3.05) is 12.3 Å². The Morgan fingerprint density at radius 3 is 2.63 bits per heavy atom. The lowest BCUT2D eigenvalue weighted by Crippen LogP contribution is -2.33. The molecule has 3 rings (SSSR count). The van der Waals surface area contributed by atoms with Crippen LogP contribution in [0.3, 0.4) is 0 Å². The van der Waals surface area contributed by atoms with Gasteiger partial charge in [-0.2, -0.15) is 0 Å². The van der Waals surface area contributed by atoms with E-state index in [1.165, 1.54) is 0 Å². The molecule has 1 unspecified atom stereocenters. The fraction of sp³-hybridized carbons (Fsp3) is 0.600. The van der Waals surface area contributed by atoms with Crippen LogP contribution >= 0.6 is 0 Å². The first-order valence-electron chi connectivity index (χ1n) is 7.00. The van der Waals surface area contributed by atoms with Gasteiger partial charge in [0.1, 0.15) is 0 Å². The normalized spacial score (nSPS) is 26.4. The van der Waals surface area contributed by atoms with Crippen LogP contribution in [0.4, 0.5) is 0 Å². The van der Waals surface area contributed by atoms with Crippen molar-refractivity contribution in [2.45, 2.75) is 43.5 Å². The summed E-state index contributed by atoms with van der Waals surface area (Å²) in [5, 5.41) is 3.49. The maximum Gasteiger partial charge on any atom is 0.179 e. The Kier molecular flexibility index (Phi) is 2.98. The molecule has 4 heteroatoms. The van der Waals surface area contributed by atoms with Crippen molar-refractivity contribution < 1.29 is 8.42 Å². The average molecular weight is 279 g/mol. The third-order valence-corrected chi connectivity index (χ3v) is 6.32. The molecule has 0 aromatic heterocycles. The summed E-state index contributed by atoms with van der Waals surface area (Å²) in [6, 6.07) is 7.99. The van der Waals surface area contributed by atoms with Gasteiger partial charge in [-0.25, -0.2) is 8.42 Å². The number of fused-ring (bicyclic) bond motifs is 1. The molecule has 1 fully saturated rings. The second-order valence-corrected chi connectivity index (χ2v) is 8.27. The molecule has 1 aromatic rings. The molecule has 0 saturated heterocycles. The van der Waals surface area contributed by atoms with Crippen LogP contribution in [0.5, 0.6) is 0 Å². The van der Waals surface area contributed by atoms with Gasteiger partial charge < -0.3 is 5.32 Å². The van der Waals surface area contributed by atoms with Gasteiger partial charge in [-0.3, -0.25) is 0 Å². The van der Waals surface area contributed by atoms with Crippen LogP contribution in [0.1, 0.15) is 38.2 Å². The zero-order chi connectivity index (χ0) is 13.7. The molecule has 1 heterocycles. The highest BCUT2D eigenvalue weighted by Gasteiger charge is 2.54. The number of hydrogen-bond donors (Lipinski definition) is 1. The Labute approximate surface area is 115 Å². The molecule has 1 saturated carbocycles. The van der Waals surface area contributed by atoms with Crippen molar-refractivity contribution in [3.05, 3.63) is 29.8 Å². The monoisotopic (exact) mass is 279 g/mol.